The molecule has 142 valence electrons. The molecule has 4 heteroatoms. The average Bonchev–Trinajstić information content (AvgIpc) is 2.83. The molecule has 3 N–H and O–H groups in total. The molecule has 1 aliphatic carbocycles. The van der Waals surface area contributed by atoms with E-state index in [1.165, 1.54) is 27.8 Å². The van der Waals surface area contributed by atoms with E-state index in [0.29, 0.717) is 18.7 Å². The van der Waals surface area contributed by atoms with Crippen molar-refractivity contribution in [2.45, 2.75) is 19.3 Å². The Morgan fingerprint density at radius 2 is 1.85 bits per heavy atom. The molecule has 0 aromatic heterocycles. The summed E-state index contributed by atoms with van der Waals surface area (Å²) in [6, 6.07) is 14.7. The van der Waals surface area contributed by atoms with Gasteiger partial charge in [-0.1, -0.05) is 36.4 Å². The molecule has 0 radical (unpaired) electrons. The van der Waals surface area contributed by atoms with E-state index >= 15 is 0 Å². The van der Waals surface area contributed by atoms with Crippen molar-refractivity contribution in [3.05, 3.63) is 76.4 Å². The highest BCUT2D eigenvalue weighted by atomic mass is 16.1. The van der Waals surface area contributed by atoms with Crippen LogP contribution >= 0.6 is 0 Å². The molecule has 0 atom stereocenters. The fourth-order valence-electron chi connectivity index (χ4n) is 3.59. The first kappa shape index (κ1) is 19.3. The van der Waals surface area contributed by atoms with Crippen molar-refractivity contribution < 1.29 is 4.79 Å². The zero-order valence-corrected chi connectivity index (χ0v) is 16.3. The van der Waals surface area contributed by atoms with Crippen molar-refractivity contribution in [1.82, 2.24) is 10.2 Å². The van der Waals surface area contributed by atoms with Gasteiger partial charge in [-0.3, -0.25) is 4.79 Å². The first-order valence-electron chi connectivity index (χ1n) is 9.65. The van der Waals surface area contributed by atoms with Gasteiger partial charge in [-0.15, -0.1) is 0 Å². The molecule has 0 spiro atoms. The van der Waals surface area contributed by atoms with Crippen molar-refractivity contribution in [2.75, 3.05) is 33.7 Å². The Hall–Kier alpha value is -2.43. The Morgan fingerprint density at radius 1 is 1.11 bits per heavy atom. The van der Waals surface area contributed by atoms with E-state index in [2.05, 4.69) is 60.7 Å². The highest BCUT2D eigenvalue weighted by Crippen LogP contribution is 2.34. The van der Waals surface area contributed by atoms with E-state index in [1.54, 1.807) is 0 Å². The van der Waals surface area contributed by atoms with E-state index in [0.717, 1.165) is 25.8 Å². The minimum Gasteiger partial charge on any atom is -0.351 e. The van der Waals surface area contributed by atoms with Gasteiger partial charge >= 0.3 is 0 Å². The third-order valence-electron chi connectivity index (χ3n) is 4.98. The van der Waals surface area contributed by atoms with Crippen molar-refractivity contribution in [1.29, 1.82) is 0 Å². The molecule has 0 aliphatic heterocycles. The number of rotatable bonds is 6. The van der Waals surface area contributed by atoms with E-state index < -0.39 is 0 Å². The largest absolute Gasteiger partial charge is 0.351 e. The molecule has 0 heterocycles. The zero-order chi connectivity index (χ0) is 19.2. The fourth-order valence-corrected chi connectivity index (χ4v) is 3.59. The predicted octanol–water partition coefficient (Wildman–Crippen LogP) is 2.86. The molecule has 2 aromatic rings. The van der Waals surface area contributed by atoms with Gasteiger partial charge in [0.25, 0.3) is 5.91 Å². The second-order valence-corrected chi connectivity index (χ2v) is 7.28. The summed E-state index contributed by atoms with van der Waals surface area (Å²) in [5.41, 5.74) is 12.7. The number of aryl methyl sites for hydroxylation is 2. The van der Waals surface area contributed by atoms with E-state index in [1.807, 2.05) is 12.1 Å². The van der Waals surface area contributed by atoms with Gasteiger partial charge in [-0.2, -0.15) is 0 Å². The second kappa shape index (κ2) is 8.98. The minimum atomic E-state index is -0.0526. The summed E-state index contributed by atoms with van der Waals surface area (Å²) in [6.45, 7) is 1.96. The second-order valence-electron chi connectivity index (χ2n) is 7.28. The lowest BCUT2D eigenvalue weighted by atomic mass is 9.92. The number of fused-ring (bicyclic) bond motifs is 2. The van der Waals surface area contributed by atoms with Crippen molar-refractivity contribution >= 4 is 11.5 Å². The molecule has 2 aromatic carbocycles. The van der Waals surface area contributed by atoms with Crippen LogP contribution in [0.1, 0.15) is 39.0 Å². The average molecular weight is 364 g/mol. The minimum absolute atomic E-state index is 0.0526. The van der Waals surface area contributed by atoms with Crippen LogP contribution in [0, 0.1) is 0 Å². The van der Waals surface area contributed by atoms with E-state index in [9.17, 15) is 4.79 Å². The predicted molar refractivity (Wildman–Crippen MR) is 112 cm³/mol. The Kier molecular flexibility index (Phi) is 6.43. The summed E-state index contributed by atoms with van der Waals surface area (Å²) in [5.74, 6) is -0.0526. The third-order valence-corrected chi connectivity index (χ3v) is 4.98. The lowest BCUT2D eigenvalue weighted by molar-refractivity contribution is 0.0954. The Bertz CT molecular complexity index is 839. The molecule has 0 saturated carbocycles. The molecular weight excluding hydrogens is 334 g/mol. The summed E-state index contributed by atoms with van der Waals surface area (Å²) >= 11 is 0. The lowest BCUT2D eigenvalue weighted by Gasteiger charge is -2.14. The number of hydrogen-bond donors (Lipinski definition) is 2. The van der Waals surface area contributed by atoms with Crippen molar-refractivity contribution in [3.63, 3.8) is 0 Å². The van der Waals surface area contributed by atoms with Gasteiger partial charge in [0, 0.05) is 25.2 Å². The number of nitrogens with two attached hydrogens (primary N) is 1. The maximum atomic E-state index is 12.3. The number of nitrogens with zero attached hydrogens (tertiary/aromatic N) is 1. The van der Waals surface area contributed by atoms with Crippen molar-refractivity contribution in [3.8, 4) is 0 Å². The molecule has 1 aliphatic rings. The lowest BCUT2D eigenvalue weighted by Crippen LogP contribution is -2.29. The van der Waals surface area contributed by atoms with Gasteiger partial charge in [0.1, 0.15) is 0 Å². The Labute approximate surface area is 162 Å². The highest BCUT2D eigenvalue weighted by Gasteiger charge is 2.19. The maximum absolute atomic E-state index is 12.3. The topological polar surface area (TPSA) is 58.4 Å². The molecule has 4 nitrogen and oxygen atoms in total. The normalized spacial score (nSPS) is 14.6. The third kappa shape index (κ3) is 4.65. The molecule has 0 bridgehead atoms. The summed E-state index contributed by atoms with van der Waals surface area (Å²) in [6.07, 6.45) is 5.27. The SMILES string of the molecule is CN(C)CC/C=C1\c2ccccc2CCc2cc(C(=O)NCCN)ccc21. The first-order valence-corrected chi connectivity index (χ1v) is 9.65. The molecule has 1 amide bonds. The van der Waals surface area contributed by atoms with E-state index in [-0.39, 0.29) is 5.91 Å². The van der Waals surface area contributed by atoms with Gasteiger partial charge in [0.05, 0.1) is 0 Å². The zero-order valence-electron chi connectivity index (χ0n) is 16.3. The van der Waals surface area contributed by atoms with Crippen LogP contribution in [0.2, 0.25) is 0 Å². The molecule has 3 rings (SSSR count). The van der Waals surface area contributed by atoms with Crippen LogP contribution in [-0.2, 0) is 12.8 Å². The smallest absolute Gasteiger partial charge is 0.251 e. The maximum Gasteiger partial charge on any atom is 0.251 e. The monoisotopic (exact) mass is 363 g/mol. The van der Waals surface area contributed by atoms with Gasteiger partial charge in [0.15, 0.2) is 0 Å². The molecule has 27 heavy (non-hydrogen) atoms. The summed E-state index contributed by atoms with van der Waals surface area (Å²) < 4.78 is 0. The Morgan fingerprint density at radius 3 is 2.63 bits per heavy atom. The van der Waals surface area contributed by atoms with Crippen LogP contribution in [0.15, 0.2) is 48.5 Å². The van der Waals surface area contributed by atoms with Gasteiger partial charge in [-0.25, -0.2) is 0 Å². The quantitative estimate of drug-likeness (QED) is 0.830. The highest BCUT2D eigenvalue weighted by molar-refractivity contribution is 5.95. The van der Waals surface area contributed by atoms with Crippen LogP contribution in [0.25, 0.3) is 5.57 Å². The molecular formula is C23H29N3O. The fraction of sp³-hybridized carbons (Fsp3) is 0.348. The summed E-state index contributed by atoms with van der Waals surface area (Å²) in [5, 5.41) is 2.86. The Balaban J connectivity index is 1.99. The number of carbonyl (C=O) groups excluding carboxylic acids is 1. The van der Waals surface area contributed by atoms with Crippen LogP contribution < -0.4 is 11.1 Å². The van der Waals surface area contributed by atoms with Crippen LogP contribution in [-0.4, -0.2) is 44.5 Å². The number of carbonyl (C=O) groups is 1. The standard InChI is InChI=1S/C23H29N3O/c1-26(2)15-5-8-22-20-7-4-3-6-17(20)9-10-18-16-19(11-12-21(18)22)23(27)25-14-13-24/h3-4,6-8,11-12,16H,5,9-10,13-15,24H2,1-2H3,(H,25,27)/b22-8+. The van der Waals surface area contributed by atoms with E-state index in [4.69, 9.17) is 5.73 Å². The number of hydrogen-bond acceptors (Lipinski definition) is 3. The van der Waals surface area contributed by atoms with Crippen LogP contribution in [0.4, 0.5) is 0 Å². The number of benzene rings is 2. The summed E-state index contributed by atoms with van der Waals surface area (Å²) in [7, 11) is 4.19. The summed E-state index contributed by atoms with van der Waals surface area (Å²) in [4.78, 5) is 14.5. The molecule has 0 unspecified atom stereocenters. The first-order chi connectivity index (χ1) is 13.1. The van der Waals surface area contributed by atoms with Crippen molar-refractivity contribution in [2.24, 2.45) is 5.73 Å². The van der Waals surface area contributed by atoms with Gasteiger partial charge in [-0.05, 0) is 73.3 Å². The van der Waals surface area contributed by atoms with Gasteiger partial charge in [0.2, 0.25) is 0 Å². The van der Waals surface area contributed by atoms with Crippen LogP contribution in [0.5, 0.6) is 0 Å². The molecule has 0 saturated heterocycles. The number of nitrogens with one attached hydrogen (secondary N) is 1. The molecule has 0 fully saturated rings. The number of amides is 1. The van der Waals surface area contributed by atoms with Gasteiger partial charge < -0.3 is 16.0 Å². The van der Waals surface area contributed by atoms with Crippen LogP contribution in [0.3, 0.4) is 0 Å².